The van der Waals surface area contributed by atoms with Crippen molar-refractivity contribution in [2.75, 3.05) is 0 Å². The van der Waals surface area contributed by atoms with E-state index in [1.807, 2.05) is 42.5 Å². The van der Waals surface area contributed by atoms with Gasteiger partial charge in [-0.25, -0.2) is 0 Å². The SMILES string of the molecule is C#C/C(=C\C=C(C)C)c1ccccc1. The Kier molecular flexibility index (Phi) is 3.76. The highest BCUT2D eigenvalue weighted by Crippen LogP contribution is 2.12. The normalized spacial score (nSPS) is 10.5. The highest BCUT2D eigenvalue weighted by Gasteiger charge is 1.93. The summed E-state index contributed by atoms with van der Waals surface area (Å²) in [4.78, 5) is 0. The summed E-state index contributed by atoms with van der Waals surface area (Å²) in [5, 5.41) is 0. The predicted octanol–water partition coefficient (Wildman–Crippen LogP) is 3.67. The molecule has 0 nitrogen and oxygen atoms in total. The van der Waals surface area contributed by atoms with E-state index in [-0.39, 0.29) is 0 Å². The van der Waals surface area contributed by atoms with Gasteiger partial charge >= 0.3 is 0 Å². The minimum Gasteiger partial charge on any atom is -0.115 e. The number of terminal acetylenes is 1. The summed E-state index contributed by atoms with van der Waals surface area (Å²) >= 11 is 0. The summed E-state index contributed by atoms with van der Waals surface area (Å²) in [6.45, 7) is 4.10. The quantitative estimate of drug-likeness (QED) is 0.483. The van der Waals surface area contributed by atoms with E-state index in [1.54, 1.807) is 0 Å². The van der Waals surface area contributed by atoms with Crippen LogP contribution in [-0.2, 0) is 0 Å². The minimum absolute atomic E-state index is 0.923. The first kappa shape index (κ1) is 10.3. The minimum atomic E-state index is 0.923. The summed E-state index contributed by atoms with van der Waals surface area (Å²) in [7, 11) is 0. The molecule has 0 atom stereocenters. The van der Waals surface area contributed by atoms with Gasteiger partial charge in [0.05, 0.1) is 0 Å². The van der Waals surface area contributed by atoms with Gasteiger partial charge in [0.25, 0.3) is 0 Å². The molecule has 0 aliphatic rings. The number of hydrogen-bond donors (Lipinski definition) is 0. The van der Waals surface area contributed by atoms with Crippen molar-refractivity contribution in [2.24, 2.45) is 0 Å². The molecular weight excluding hydrogens is 168 g/mol. The topological polar surface area (TPSA) is 0 Å². The number of hydrogen-bond acceptors (Lipinski definition) is 0. The molecule has 0 aliphatic carbocycles. The van der Waals surface area contributed by atoms with Gasteiger partial charge in [-0.15, -0.1) is 6.42 Å². The lowest BCUT2D eigenvalue weighted by molar-refractivity contribution is 1.39. The van der Waals surface area contributed by atoms with Crippen molar-refractivity contribution >= 4 is 5.57 Å². The van der Waals surface area contributed by atoms with Gasteiger partial charge < -0.3 is 0 Å². The molecule has 0 aromatic heterocycles. The zero-order chi connectivity index (χ0) is 10.4. The van der Waals surface area contributed by atoms with Gasteiger partial charge in [-0.05, 0) is 25.5 Å². The number of rotatable bonds is 2. The van der Waals surface area contributed by atoms with Crippen molar-refractivity contribution in [2.45, 2.75) is 13.8 Å². The Hall–Kier alpha value is -1.74. The van der Waals surface area contributed by atoms with E-state index in [4.69, 9.17) is 6.42 Å². The molecule has 0 radical (unpaired) electrons. The summed E-state index contributed by atoms with van der Waals surface area (Å²) in [5.41, 5.74) is 3.26. The molecule has 0 heterocycles. The smallest absolute Gasteiger partial charge is 0.0314 e. The Morgan fingerprint density at radius 1 is 1.14 bits per heavy atom. The molecule has 1 aromatic carbocycles. The molecule has 0 N–H and O–H groups in total. The molecule has 0 spiro atoms. The number of allylic oxidation sites excluding steroid dienone is 4. The lowest BCUT2D eigenvalue weighted by atomic mass is 10.1. The molecule has 0 aliphatic heterocycles. The molecule has 0 fully saturated rings. The molecule has 0 heteroatoms. The average molecular weight is 182 g/mol. The van der Waals surface area contributed by atoms with Gasteiger partial charge in [-0.2, -0.15) is 0 Å². The first-order valence-corrected chi connectivity index (χ1v) is 4.61. The Labute approximate surface area is 86.0 Å². The first-order chi connectivity index (χ1) is 6.74. The highest BCUT2D eigenvalue weighted by molar-refractivity contribution is 5.79. The van der Waals surface area contributed by atoms with Crippen molar-refractivity contribution in [3.05, 3.63) is 53.6 Å². The lowest BCUT2D eigenvalue weighted by Gasteiger charge is -1.97. The Morgan fingerprint density at radius 2 is 1.79 bits per heavy atom. The third kappa shape index (κ3) is 2.95. The van der Waals surface area contributed by atoms with Gasteiger partial charge in [-0.1, -0.05) is 47.9 Å². The molecule has 1 aromatic rings. The molecule has 70 valence electrons. The fraction of sp³-hybridized carbons (Fsp3) is 0.143. The van der Waals surface area contributed by atoms with Gasteiger partial charge in [0.1, 0.15) is 0 Å². The zero-order valence-electron chi connectivity index (χ0n) is 8.62. The molecule has 0 saturated heterocycles. The van der Waals surface area contributed by atoms with Crippen molar-refractivity contribution in [1.29, 1.82) is 0 Å². The van der Waals surface area contributed by atoms with E-state index in [0.717, 1.165) is 11.1 Å². The molecule has 1 rings (SSSR count). The number of benzene rings is 1. The summed E-state index contributed by atoms with van der Waals surface area (Å²) in [5.74, 6) is 2.69. The lowest BCUT2D eigenvalue weighted by Crippen LogP contribution is -1.79. The summed E-state index contributed by atoms with van der Waals surface area (Å²) in [6.07, 6.45) is 9.45. The van der Waals surface area contributed by atoms with E-state index >= 15 is 0 Å². The van der Waals surface area contributed by atoms with Crippen LogP contribution in [0.4, 0.5) is 0 Å². The fourth-order valence-corrected chi connectivity index (χ4v) is 1.10. The predicted molar refractivity (Wildman–Crippen MR) is 62.7 cm³/mol. The monoisotopic (exact) mass is 182 g/mol. The van der Waals surface area contributed by atoms with Crippen LogP contribution in [0.1, 0.15) is 19.4 Å². The van der Waals surface area contributed by atoms with Crippen molar-refractivity contribution in [3.63, 3.8) is 0 Å². The van der Waals surface area contributed by atoms with Crippen LogP contribution in [0.2, 0.25) is 0 Å². The van der Waals surface area contributed by atoms with Crippen LogP contribution < -0.4 is 0 Å². The van der Waals surface area contributed by atoms with Crippen LogP contribution in [0, 0.1) is 12.3 Å². The Morgan fingerprint density at radius 3 is 2.29 bits per heavy atom. The molecule has 0 bridgehead atoms. The van der Waals surface area contributed by atoms with E-state index < -0.39 is 0 Å². The van der Waals surface area contributed by atoms with Crippen LogP contribution in [0.3, 0.4) is 0 Å². The van der Waals surface area contributed by atoms with E-state index in [0.29, 0.717) is 0 Å². The van der Waals surface area contributed by atoms with Crippen LogP contribution in [0.15, 0.2) is 48.1 Å². The third-order valence-corrected chi connectivity index (χ3v) is 1.82. The van der Waals surface area contributed by atoms with E-state index in [1.165, 1.54) is 5.57 Å². The molecule has 0 amide bonds. The van der Waals surface area contributed by atoms with Gasteiger partial charge in [-0.3, -0.25) is 0 Å². The van der Waals surface area contributed by atoms with Gasteiger partial charge in [0.2, 0.25) is 0 Å². The Balaban J connectivity index is 3.01. The van der Waals surface area contributed by atoms with Crippen LogP contribution >= 0.6 is 0 Å². The fourth-order valence-electron chi connectivity index (χ4n) is 1.10. The van der Waals surface area contributed by atoms with Crippen molar-refractivity contribution in [1.82, 2.24) is 0 Å². The molecule has 0 unspecified atom stereocenters. The van der Waals surface area contributed by atoms with Crippen molar-refractivity contribution in [3.8, 4) is 12.3 Å². The standard InChI is InChI=1S/C14H14/c1-4-13(11-10-12(2)3)14-8-6-5-7-9-14/h1,5-11H,2-3H3/b13-11+. The Bertz CT molecular complexity index is 382. The maximum Gasteiger partial charge on any atom is 0.0314 e. The van der Waals surface area contributed by atoms with Crippen LogP contribution in [-0.4, -0.2) is 0 Å². The second-order valence-corrected chi connectivity index (χ2v) is 3.33. The van der Waals surface area contributed by atoms with Crippen molar-refractivity contribution < 1.29 is 0 Å². The summed E-state index contributed by atoms with van der Waals surface area (Å²) < 4.78 is 0. The molecule has 0 saturated carbocycles. The van der Waals surface area contributed by atoms with Crippen LogP contribution in [0.5, 0.6) is 0 Å². The highest BCUT2D eigenvalue weighted by atomic mass is 14.0. The summed E-state index contributed by atoms with van der Waals surface area (Å²) in [6, 6.07) is 10.00. The zero-order valence-corrected chi connectivity index (χ0v) is 8.62. The third-order valence-electron chi connectivity index (χ3n) is 1.82. The van der Waals surface area contributed by atoms with Crippen LogP contribution in [0.25, 0.3) is 5.57 Å². The molecular formula is C14H14. The maximum absolute atomic E-state index is 5.44. The van der Waals surface area contributed by atoms with E-state index in [9.17, 15) is 0 Å². The van der Waals surface area contributed by atoms with Gasteiger partial charge in [0.15, 0.2) is 0 Å². The second kappa shape index (κ2) is 5.09. The molecule has 14 heavy (non-hydrogen) atoms. The first-order valence-electron chi connectivity index (χ1n) is 4.61. The second-order valence-electron chi connectivity index (χ2n) is 3.33. The van der Waals surface area contributed by atoms with Gasteiger partial charge in [0, 0.05) is 5.57 Å². The maximum atomic E-state index is 5.44. The largest absolute Gasteiger partial charge is 0.115 e. The van der Waals surface area contributed by atoms with E-state index in [2.05, 4.69) is 19.8 Å². The average Bonchev–Trinajstić information content (AvgIpc) is 2.20.